The molecule has 0 aromatic heterocycles. The first-order chi connectivity index (χ1) is 7.11. The van der Waals surface area contributed by atoms with Crippen molar-refractivity contribution in [3.05, 3.63) is 35.9 Å². The highest BCUT2D eigenvalue weighted by Gasteiger charge is 2.10. The van der Waals surface area contributed by atoms with Crippen LogP contribution in [0.5, 0.6) is 0 Å². The lowest BCUT2D eigenvalue weighted by Gasteiger charge is -2.07. The van der Waals surface area contributed by atoms with Gasteiger partial charge in [-0.1, -0.05) is 18.2 Å². The molecule has 4 nitrogen and oxygen atoms in total. The Kier molecular flexibility index (Phi) is 1.97. The van der Waals surface area contributed by atoms with Gasteiger partial charge in [0.2, 0.25) is 0 Å². The first kappa shape index (κ1) is 9.33. The number of nitrogen functional groups attached to an aromatic ring is 2. The van der Waals surface area contributed by atoms with Crippen LogP contribution in [0.4, 0.5) is 11.4 Å². The molecule has 2 aromatic carbocycles. The van der Waals surface area contributed by atoms with Gasteiger partial charge < -0.3 is 16.6 Å². The Morgan fingerprint density at radius 3 is 2.47 bits per heavy atom. The molecular weight excluding hydrogens is 192 g/mol. The number of rotatable bonds is 1. The lowest BCUT2D eigenvalue weighted by atomic mass is 10.0. The molecule has 0 unspecified atom stereocenters. The van der Waals surface area contributed by atoms with Gasteiger partial charge in [0.1, 0.15) is 0 Å². The highest BCUT2D eigenvalue weighted by atomic mass is 16.4. The second-order valence-corrected chi connectivity index (χ2v) is 3.27. The zero-order chi connectivity index (χ0) is 11.0. The Balaban J connectivity index is 2.89. The number of carbonyl (C=O) groups is 1. The van der Waals surface area contributed by atoms with E-state index in [1.165, 1.54) is 0 Å². The smallest absolute Gasteiger partial charge is 0.336 e. The molecule has 0 radical (unpaired) electrons. The van der Waals surface area contributed by atoms with E-state index in [0.29, 0.717) is 22.1 Å². The summed E-state index contributed by atoms with van der Waals surface area (Å²) in [5.74, 6) is -0.968. The normalized spacial score (nSPS) is 10.4. The highest BCUT2D eigenvalue weighted by molar-refractivity contribution is 6.08. The van der Waals surface area contributed by atoms with E-state index in [4.69, 9.17) is 16.6 Å². The molecule has 15 heavy (non-hydrogen) atoms. The number of anilines is 2. The third kappa shape index (κ3) is 1.36. The Bertz CT molecular complexity index is 550. The maximum absolute atomic E-state index is 10.9. The van der Waals surface area contributed by atoms with Gasteiger partial charge in [-0.3, -0.25) is 0 Å². The molecule has 0 bridgehead atoms. The van der Waals surface area contributed by atoms with Crippen LogP contribution in [0.3, 0.4) is 0 Å². The summed E-state index contributed by atoms with van der Waals surface area (Å²) in [6.45, 7) is 0. The van der Waals surface area contributed by atoms with Gasteiger partial charge in [0.05, 0.1) is 16.9 Å². The zero-order valence-corrected chi connectivity index (χ0v) is 7.90. The fourth-order valence-electron chi connectivity index (χ4n) is 1.58. The first-order valence-corrected chi connectivity index (χ1v) is 4.41. The number of carboxylic acids is 1. The van der Waals surface area contributed by atoms with E-state index in [9.17, 15) is 4.79 Å². The molecule has 0 spiro atoms. The summed E-state index contributed by atoms with van der Waals surface area (Å²) in [7, 11) is 0. The van der Waals surface area contributed by atoms with Crippen molar-refractivity contribution in [1.29, 1.82) is 0 Å². The van der Waals surface area contributed by atoms with Crippen molar-refractivity contribution in [3.63, 3.8) is 0 Å². The van der Waals surface area contributed by atoms with Gasteiger partial charge in [0.15, 0.2) is 0 Å². The molecule has 2 aromatic rings. The quantitative estimate of drug-likeness (QED) is 0.614. The summed E-state index contributed by atoms with van der Waals surface area (Å²) in [6, 6.07) is 8.24. The molecule has 0 saturated carbocycles. The van der Waals surface area contributed by atoms with Gasteiger partial charge in [0.25, 0.3) is 0 Å². The lowest BCUT2D eigenvalue weighted by Crippen LogP contribution is -2.00. The summed E-state index contributed by atoms with van der Waals surface area (Å²) < 4.78 is 0. The van der Waals surface area contributed by atoms with Crippen molar-refractivity contribution in [2.24, 2.45) is 0 Å². The van der Waals surface area contributed by atoms with Crippen molar-refractivity contribution < 1.29 is 9.90 Å². The molecule has 0 aliphatic rings. The van der Waals surface area contributed by atoms with Crippen LogP contribution >= 0.6 is 0 Å². The monoisotopic (exact) mass is 202 g/mol. The summed E-state index contributed by atoms with van der Waals surface area (Å²) in [5, 5.41) is 10.3. The summed E-state index contributed by atoms with van der Waals surface area (Å²) in [6.07, 6.45) is 0. The van der Waals surface area contributed by atoms with Crippen LogP contribution in [-0.4, -0.2) is 11.1 Å². The van der Waals surface area contributed by atoms with E-state index in [1.807, 2.05) is 0 Å². The Morgan fingerprint density at radius 1 is 1.07 bits per heavy atom. The molecule has 0 saturated heterocycles. The third-order valence-corrected chi connectivity index (χ3v) is 2.37. The van der Waals surface area contributed by atoms with Crippen LogP contribution in [0.2, 0.25) is 0 Å². The van der Waals surface area contributed by atoms with Crippen molar-refractivity contribution in [2.75, 3.05) is 11.5 Å². The topological polar surface area (TPSA) is 89.3 Å². The fourth-order valence-corrected chi connectivity index (χ4v) is 1.58. The van der Waals surface area contributed by atoms with E-state index in [2.05, 4.69) is 0 Å². The zero-order valence-electron chi connectivity index (χ0n) is 7.90. The van der Waals surface area contributed by atoms with Gasteiger partial charge in [-0.2, -0.15) is 0 Å². The van der Waals surface area contributed by atoms with Crippen LogP contribution in [0.15, 0.2) is 30.3 Å². The minimum Gasteiger partial charge on any atom is -0.478 e. The number of hydrogen-bond donors (Lipinski definition) is 3. The average Bonchev–Trinajstić information content (AvgIpc) is 2.23. The van der Waals surface area contributed by atoms with E-state index in [0.717, 1.165) is 0 Å². The Labute approximate surface area is 86.1 Å². The SMILES string of the molecule is Nc1ccc2c(C(=O)O)cccc2c1N. The number of aromatic carboxylic acids is 1. The summed E-state index contributed by atoms with van der Waals surface area (Å²) in [5.41, 5.74) is 12.5. The number of hydrogen-bond acceptors (Lipinski definition) is 3. The fraction of sp³-hybridized carbons (Fsp3) is 0. The van der Waals surface area contributed by atoms with Gasteiger partial charge >= 0.3 is 5.97 Å². The van der Waals surface area contributed by atoms with Crippen molar-refractivity contribution in [2.45, 2.75) is 0 Å². The predicted octanol–water partition coefficient (Wildman–Crippen LogP) is 1.70. The number of nitrogens with two attached hydrogens (primary N) is 2. The Hall–Kier alpha value is -2.23. The van der Waals surface area contributed by atoms with Gasteiger partial charge in [0, 0.05) is 5.39 Å². The van der Waals surface area contributed by atoms with Crippen LogP contribution in [0, 0.1) is 0 Å². The second-order valence-electron chi connectivity index (χ2n) is 3.27. The number of carboxylic acid groups (broad SMARTS) is 1. The molecule has 2 rings (SSSR count). The minimum absolute atomic E-state index is 0.235. The molecule has 0 heterocycles. The molecule has 0 fully saturated rings. The van der Waals surface area contributed by atoms with E-state index >= 15 is 0 Å². The predicted molar refractivity (Wildman–Crippen MR) is 59.7 cm³/mol. The summed E-state index contributed by atoms with van der Waals surface area (Å²) in [4.78, 5) is 10.9. The maximum atomic E-state index is 10.9. The second kappa shape index (κ2) is 3.16. The van der Waals surface area contributed by atoms with E-state index in [-0.39, 0.29) is 5.56 Å². The van der Waals surface area contributed by atoms with Crippen LogP contribution in [0.25, 0.3) is 10.8 Å². The van der Waals surface area contributed by atoms with E-state index in [1.54, 1.807) is 30.3 Å². The number of fused-ring (bicyclic) bond motifs is 1. The number of benzene rings is 2. The van der Waals surface area contributed by atoms with Crippen molar-refractivity contribution in [1.82, 2.24) is 0 Å². The molecule has 5 N–H and O–H groups in total. The van der Waals surface area contributed by atoms with E-state index < -0.39 is 5.97 Å². The van der Waals surface area contributed by atoms with Gasteiger partial charge in [-0.25, -0.2) is 4.79 Å². The largest absolute Gasteiger partial charge is 0.478 e. The van der Waals surface area contributed by atoms with Gasteiger partial charge in [-0.05, 0) is 17.5 Å². The highest BCUT2D eigenvalue weighted by Crippen LogP contribution is 2.28. The van der Waals surface area contributed by atoms with Crippen molar-refractivity contribution >= 4 is 28.1 Å². The molecular formula is C11H10N2O2. The van der Waals surface area contributed by atoms with Crippen LogP contribution < -0.4 is 11.5 Å². The first-order valence-electron chi connectivity index (χ1n) is 4.41. The Morgan fingerprint density at radius 2 is 1.80 bits per heavy atom. The summed E-state index contributed by atoms with van der Waals surface area (Å²) >= 11 is 0. The standard InChI is InChI=1S/C11H10N2O2/c12-9-5-4-6-7(10(9)13)2-1-3-8(6)11(14)15/h1-5H,12-13H2,(H,14,15). The lowest BCUT2D eigenvalue weighted by molar-refractivity contribution is 0.0699. The average molecular weight is 202 g/mol. The molecule has 0 amide bonds. The maximum Gasteiger partial charge on any atom is 0.336 e. The molecule has 0 aliphatic heterocycles. The van der Waals surface area contributed by atoms with Gasteiger partial charge in [-0.15, -0.1) is 0 Å². The third-order valence-electron chi connectivity index (χ3n) is 2.37. The van der Waals surface area contributed by atoms with Crippen LogP contribution in [-0.2, 0) is 0 Å². The molecule has 0 atom stereocenters. The molecule has 0 aliphatic carbocycles. The minimum atomic E-state index is -0.968. The molecule has 4 heteroatoms. The van der Waals surface area contributed by atoms with Crippen LogP contribution in [0.1, 0.15) is 10.4 Å². The van der Waals surface area contributed by atoms with Crippen molar-refractivity contribution in [3.8, 4) is 0 Å². The molecule has 76 valence electrons.